The van der Waals surface area contributed by atoms with E-state index in [4.69, 9.17) is 5.73 Å². The minimum absolute atomic E-state index is 0.282. The first-order chi connectivity index (χ1) is 9.61. The number of nitrogens with two attached hydrogens (primary N) is 1. The summed E-state index contributed by atoms with van der Waals surface area (Å²) in [6.45, 7) is 4.59. The van der Waals surface area contributed by atoms with Gasteiger partial charge in [0.25, 0.3) is 0 Å². The molecule has 1 aliphatic heterocycles. The third kappa shape index (κ3) is 3.95. The number of piperidine rings is 1. The minimum atomic E-state index is 0.282. The van der Waals surface area contributed by atoms with Crippen molar-refractivity contribution >= 4 is 5.91 Å². The van der Waals surface area contributed by atoms with E-state index in [1.807, 2.05) is 11.9 Å². The van der Waals surface area contributed by atoms with E-state index in [0.717, 1.165) is 18.9 Å². The van der Waals surface area contributed by atoms with Gasteiger partial charge in [-0.2, -0.15) is 0 Å². The number of nitrogens with zero attached hydrogens (tertiary/aromatic N) is 2. The highest BCUT2D eigenvalue weighted by molar-refractivity contribution is 5.78. The van der Waals surface area contributed by atoms with Gasteiger partial charge in [-0.05, 0) is 51.0 Å². The van der Waals surface area contributed by atoms with Crippen LogP contribution in [0.4, 0.5) is 0 Å². The number of carbonyl (C=O) groups excluding carboxylic acids is 1. The van der Waals surface area contributed by atoms with Crippen LogP contribution in [0.3, 0.4) is 0 Å². The van der Waals surface area contributed by atoms with Crippen molar-refractivity contribution < 1.29 is 4.79 Å². The third-order valence-corrected chi connectivity index (χ3v) is 5.29. The summed E-state index contributed by atoms with van der Waals surface area (Å²) in [6, 6.07) is 0.868. The summed E-state index contributed by atoms with van der Waals surface area (Å²) in [5.41, 5.74) is 5.84. The molecule has 2 rings (SSSR count). The molecule has 4 heteroatoms. The van der Waals surface area contributed by atoms with Crippen LogP contribution in [0, 0.1) is 5.92 Å². The van der Waals surface area contributed by atoms with Gasteiger partial charge < -0.3 is 10.6 Å². The fourth-order valence-corrected chi connectivity index (χ4v) is 3.65. The molecule has 2 N–H and O–H groups in total. The molecule has 0 bridgehead atoms. The molecule has 1 unspecified atom stereocenters. The molecule has 1 saturated heterocycles. The Morgan fingerprint density at radius 3 is 2.55 bits per heavy atom. The molecule has 1 atom stereocenters. The molecule has 1 amide bonds. The van der Waals surface area contributed by atoms with Gasteiger partial charge in [0.2, 0.25) is 5.91 Å². The van der Waals surface area contributed by atoms with Gasteiger partial charge in [0.15, 0.2) is 0 Å². The zero-order valence-electron chi connectivity index (χ0n) is 13.2. The van der Waals surface area contributed by atoms with E-state index >= 15 is 0 Å². The van der Waals surface area contributed by atoms with Crippen molar-refractivity contribution in [2.45, 2.75) is 64.0 Å². The first-order valence-corrected chi connectivity index (χ1v) is 8.31. The lowest BCUT2D eigenvalue weighted by atomic mass is 9.87. The van der Waals surface area contributed by atoms with Crippen molar-refractivity contribution in [3.05, 3.63) is 0 Å². The van der Waals surface area contributed by atoms with E-state index in [2.05, 4.69) is 11.8 Å². The molecular formula is C16H31N3O. The van der Waals surface area contributed by atoms with Crippen molar-refractivity contribution in [2.24, 2.45) is 11.7 Å². The second-order valence-corrected chi connectivity index (χ2v) is 6.77. The van der Waals surface area contributed by atoms with Crippen LogP contribution in [0.1, 0.15) is 51.9 Å². The van der Waals surface area contributed by atoms with Crippen LogP contribution < -0.4 is 5.73 Å². The Kier molecular flexibility index (Phi) is 5.85. The standard InChI is InChI=1S/C16H31N3O/c1-13-6-8-14(9-7-13)18(2)16(20)12-19-10-4-3-5-15(19)11-17/h13-15H,3-12,17H2,1-2H3. The number of likely N-dealkylation sites (tertiary alicyclic amines) is 1. The monoisotopic (exact) mass is 281 g/mol. The van der Waals surface area contributed by atoms with E-state index in [-0.39, 0.29) is 5.91 Å². The van der Waals surface area contributed by atoms with E-state index < -0.39 is 0 Å². The Morgan fingerprint density at radius 2 is 1.90 bits per heavy atom. The summed E-state index contributed by atoms with van der Waals surface area (Å²) < 4.78 is 0. The van der Waals surface area contributed by atoms with Gasteiger partial charge in [-0.1, -0.05) is 13.3 Å². The van der Waals surface area contributed by atoms with E-state index in [1.54, 1.807) is 0 Å². The van der Waals surface area contributed by atoms with Gasteiger partial charge in [-0.3, -0.25) is 9.69 Å². The Labute approximate surface area is 123 Å². The number of carbonyl (C=O) groups is 1. The Balaban J connectivity index is 1.83. The lowest BCUT2D eigenvalue weighted by Gasteiger charge is -2.38. The maximum atomic E-state index is 12.5. The highest BCUT2D eigenvalue weighted by atomic mass is 16.2. The van der Waals surface area contributed by atoms with Crippen molar-refractivity contribution in [3.8, 4) is 0 Å². The molecule has 2 aliphatic rings. The zero-order valence-corrected chi connectivity index (χ0v) is 13.2. The van der Waals surface area contributed by atoms with Crippen molar-refractivity contribution in [3.63, 3.8) is 0 Å². The van der Waals surface area contributed by atoms with Crippen LogP contribution in [0.25, 0.3) is 0 Å². The number of amides is 1. The van der Waals surface area contributed by atoms with Crippen LogP contribution in [0.5, 0.6) is 0 Å². The average Bonchev–Trinajstić information content (AvgIpc) is 2.48. The van der Waals surface area contributed by atoms with Gasteiger partial charge >= 0.3 is 0 Å². The highest BCUT2D eigenvalue weighted by Gasteiger charge is 2.28. The second-order valence-electron chi connectivity index (χ2n) is 6.77. The fraction of sp³-hybridized carbons (Fsp3) is 0.938. The summed E-state index contributed by atoms with van der Waals surface area (Å²) >= 11 is 0. The van der Waals surface area contributed by atoms with Crippen LogP contribution in [0.2, 0.25) is 0 Å². The predicted octanol–water partition coefficient (Wildman–Crippen LogP) is 1.84. The number of likely N-dealkylation sites (N-methyl/N-ethyl adjacent to an activating group) is 1. The molecule has 0 radical (unpaired) electrons. The molecule has 1 saturated carbocycles. The van der Waals surface area contributed by atoms with Crippen LogP contribution >= 0.6 is 0 Å². The normalized spacial score (nSPS) is 32.0. The lowest BCUT2D eigenvalue weighted by Crippen LogP contribution is -2.50. The summed E-state index contributed by atoms with van der Waals surface area (Å²) in [4.78, 5) is 16.8. The zero-order chi connectivity index (χ0) is 14.5. The smallest absolute Gasteiger partial charge is 0.236 e. The predicted molar refractivity (Wildman–Crippen MR) is 82.5 cm³/mol. The van der Waals surface area contributed by atoms with Gasteiger partial charge in [-0.25, -0.2) is 0 Å². The summed E-state index contributed by atoms with van der Waals surface area (Å²) in [5.74, 6) is 1.11. The van der Waals surface area contributed by atoms with Crippen LogP contribution in [-0.2, 0) is 4.79 Å². The first-order valence-electron chi connectivity index (χ1n) is 8.31. The SMILES string of the molecule is CC1CCC(N(C)C(=O)CN2CCCCC2CN)CC1. The van der Waals surface area contributed by atoms with Crippen molar-refractivity contribution in [1.29, 1.82) is 0 Å². The van der Waals surface area contributed by atoms with Gasteiger partial charge in [0.1, 0.15) is 0 Å². The number of rotatable bonds is 4. The molecule has 20 heavy (non-hydrogen) atoms. The highest BCUT2D eigenvalue weighted by Crippen LogP contribution is 2.26. The Bertz CT molecular complexity index is 313. The summed E-state index contributed by atoms with van der Waals surface area (Å²) in [6.07, 6.45) is 8.47. The Morgan fingerprint density at radius 1 is 1.20 bits per heavy atom. The quantitative estimate of drug-likeness (QED) is 0.855. The summed E-state index contributed by atoms with van der Waals surface area (Å²) in [5, 5.41) is 0. The molecule has 2 fully saturated rings. The molecule has 0 aromatic rings. The van der Waals surface area contributed by atoms with Crippen LogP contribution in [0.15, 0.2) is 0 Å². The average molecular weight is 281 g/mol. The molecule has 1 aliphatic carbocycles. The molecule has 4 nitrogen and oxygen atoms in total. The van der Waals surface area contributed by atoms with Crippen molar-refractivity contribution in [1.82, 2.24) is 9.80 Å². The molecule has 116 valence electrons. The number of hydrogen-bond acceptors (Lipinski definition) is 3. The maximum Gasteiger partial charge on any atom is 0.236 e. The molecule has 0 aromatic heterocycles. The molecule has 0 aromatic carbocycles. The van der Waals surface area contributed by atoms with E-state index in [1.165, 1.54) is 38.5 Å². The summed E-state index contributed by atoms with van der Waals surface area (Å²) in [7, 11) is 1.99. The number of hydrogen-bond donors (Lipinski definition) is 1. The minimum Gasteiger partial charge on any atom is -0.342 e. The third-order valence-electron chi connectivity index (χ3n) is 5.29. The molecule has 0 spiro atoms. The van der Waals surface area contributed by atoms with Crippen LogP contribution in [-0.4, -0.2) is 54.5 Å². The molecule has 1 heterocycles. The van der Waals surface area contributed by atoms with E-state index in [9.17, 15) is 4.79 Å². The first kappa shape index (κ1) is 15.8. The maximum absolute atomic E-state index is 12.5. The van der Waals surface area contributed by atoms with Gasteiger partial charge in [0, 0.05) is 25.7 Å². The second kappa shape index (κ2) is 7.41. The molecular weight excluding hydrogens is 250 g/mol. The van der Waals surface area contributed by atoms with Gasteiger partial charge in [-0.15, -0.1) is 0 Å². The topological polar surface area (TPSA) is 49.6 Å². The van der Waals surface area contributed by atoms with Gasteiger partial charge in [0.05, 0.1) is 6.54 Å². The van der Waals surface area contributed by atoms with E-state index in [0.29, 0.717) is 25.2 Å². The Hall–Kier alpha value is -0.610. The fourth-order valence-electron chi connectivity index (χ4n) is 3.65. The largest absolute Gasteiger partial charge is 0.342 e. The van der Waals surface area contributed by atoms with Crippen molar-refractivity contribution in [2.75, 3.05) is 26.7 Å². The lowest BCUT2D eigenvalue weighted by molar-refractivity contribution is -0.134.